The third kappa shape index (κ3) is 6.80. The maximum Gasteiger partial charge on any atom is 0.236 e. The topological polar surface area (TPSA) is 125 Å². The normalized spacial score (nSPS) is 20.0. The van der Waals surface area contributed by atoms with Crippen molar-refractivity contribution in [2.75, 3.05) is 23.9 Å². The number of amides is 3. The first-order chi connectivity index (χ1) is 12.0. The zero-order valence-corrected chi connectivity index (χ0v) is 16.3. The van der Waals surface area contributed by atoms with Gasteiger partial charge in [0.25, 0.3) is 0 Å². The first-order valence-electron chi connectivity index (χ1n) is 7.64. The zero-order chi connectivity index (χ0) is 18.2. The second kappa shape index (κ2) is 9.94. The highest BCUT2D eigenvalue weighted by Gasteiger charge is 2.27. The van der Waals surface area contributed by atoms with Crippen molar-refractivity contribution in [1.29, 1.82) is 0 Å². The molecule has 1 aliphatic heterocycles. The molecule has 0 spiro atoms. The van der Waals surface area contributed by atoms with E-state index in [1.165, 1.54) is 23.1 Å². The molecule has 12 heteroatoms. The predicted octanol–water partition coefficient (Wildman–Crippen LogP) is 0.220. The van der Waals surface area contributed by atoms with Crippen molar-refractivity contribution in [3.63, 3.8) is 0 Å². The highest BCUT2D eigenvalue weighted by Crippen LogP contribution is 2.25. The van der Waals surface area contributed by atoms with Crippen LogP contribution < -0.4 is 21.3 Å². The lowest BCUT2D eigenvalue weighted by Crippen LogP contribution is -2.55. The Hall–Kier alpha value is -1.37. The Morgan fingerprint density at radius 3 is 2.88 bits per heavy atom. The molecule has 0 radical (unpaired) electrons. The first-order valence-corrected chi connectivity index (χ1v) is 10.5. The van der Waals surface area contributed by atoms with E-state index in [2.05, 4.69) is 31.5 Å². The quantitative estimate of drug-likeness (QED) is 0.358. The molecule has 0 aliphatic carbocycles. The Bertz CT molecular complexity index is 626. The Kier molecular flexibility index (Phi) is 7.93. The van der Waals surface area contributed by atoms with Gasteiger partial charge in [-0.25, -0.2) is 0 Å². The summed E-state index contributed by atoms with van der Waals surface area (Å²) in [5.41, 5.74) is -0.415. The maximum absolute atomic E-state index is 12.0. The van der Waals surface area contributed by atoms with Crippen LogP contribution in [-0.4, -0.2) is 58.0 Å². The number of carbonyl (C=O) groups is 3. The minimum atomic E-state index is -0.415. The van der Waals surface area contributed by atoms with Crippen molar-refractivity contribution < 1.29 is 14.4 Å². The fourth-order valence-corrected chi connectivity index (χ4v) is 4.61. The van der Waals surface area contributed by atoms with Crippen LogP contribution in [0.1, 0.15) is 19.8 Å². The molecule has 138 valence electrons. The number of rotatable bonds is 8. The number of thioether (sulfide) groups is 2. The molecule has 1 aromatic rings. The lowest BCUT2D eigenvalue weighted by Gasteiger charge is -2.30. The minimum Gasteiger partial charge on any atom is -0.359 e. The Labute approximate surface area is 157 Å². The van der Waals surface area contributed by atoms with Gasteiger partial charge in [-0.1, -0.05) is 30.0 Å². The van der Waals surface area contributed by atoms with E-state index >= 15 is 0 Å². The van der Waals surface area contributed by atoms with Crippen LogP contribution in [0.3, 0.4) is 0 Å². The van der Waals surface area contributed by atoms with Gasteiger partial charge in [-0.05, 0) is 5.75 Å². The molecule has 2 unspecified atom stereocenters. The van der Waals surface area contributed by atoms with Gasteiger partial charge in [0.1, 0.15) is 5.50 Å². The van der Waals surface area contributed by atoms with Gasteiger partial charge in [-0.15, -0.1) is 22.0 Å². The van der Waals surface area contributed by atoms with E-state index in [1.54, 1.807) is 18.8 Å². The van der Waals surface area contributed by atoms with Crippen molar-refractivity contribution in [2.24, 2.45) is 0 Å². The summed E-state index contributed by atoms with van der Waals surface area (Å²) in [4.78, 5) is 35.2. The van der Waals surface area contributed by atoms with Gasteiger partial charge in [0.2, 0.25) is 22.9 Å². The number of nitrogens with one attached hydrogen (secondary N) is 4. The number of anilines is 1. The molecular formula is C13H20N6O3S3. The molecule has 2 rings (SSSR count). The maximum atomic E-state index is 12.0. The molecule has 2 heterocycles. The standard InChI is InChI=1S/C13H20N6O3S3/c1-3-23-13-19-18-12(25-13)17-10(22)6-24-11-15-7(4-8(20)14-2)5-9(21)16-11/h7,11,15H,3-6H2,1-2H3,(H,14,20)(H,16,21)(H,17,18,22). The summed E-state index contributed by atoms with van der Waals surface area (Å²) in [6.07, 6.45) is 0.454. The molecule has 9 nitrogen and oxygen atoms in total. The molecule has 0 bridgehead atoms. The number of nitrogens with zero attached hydrogens (tertiary/aromatic N) is 2. The summed E-state index contributed by atoms with van der Waals surface area (Å²) >= 11 is 4.14. The van der Waals surface area contributed by atoms with E-state index in [1.807, 2.05) is 6.92 Å². The number of hydrogen-bond acceptors (Lipinski definition) is 9. The van der Waals surface area contributed by atoms with Gasteiger partial charge in [0, 0.05) is 25.9 Å². The lowest BCUT2D eigenvalue weighted by molar-refractivity contribution is -0.125. The monoisotopic (exact) mass is 404 g/mol. The second-order valence-corrected chi connectivity index (χ2v) is 8.64. The van der Waals surface area contributed by atoms with E-state index < -0.39 is 5.50 Å². The molecule has 1 aromatic heterocycles. The van der Waals surface area contributed by atoms with Crippen molar-refractivity contribution in [3.05, 3.63) is 0 Å². The van der Waals surface area contributed by atoms with Crippen LogP contribution in [0.15, 0.2) is 4.34 Å². The molecule has 25 heavy (non-hydrogen) atoms. The van der Waals surface area contributed by atoms with Crippen LogP contribution in [0, 0.1) is 0 Å². The average Bonchev–Trinajstić information content (AvgIpc) is 2.99. The van der Waals surface area contributed by atoms with E-state index in [0.717, 1.165) is 10.1 Å². The molecule has 3 amide bonds. The van der Waals surface area contributed by atoms with E-state index in [-0.39, 0.29) is 42.4 Å². The molecule has 1 fully saturated rings. The zero-order valence-electron chi connectivity index (χ0n) is 13.8. The van der Waals surface area contributed by atoms with E-state index in [0.29, 0.717) is 5.13 Å². The molecule has 2 atom stereocenters. The number of aromatic nitrogens is 2. The molecule has 1 aliphatic rings. The number of carbonyl (C=O) groups excluding carboxylic acids is 3. The van der Waals surface area contributed by atoms with Crippen LogP contribution in [-0.2, 0) is 14.4 Å². The summed E-state index contributed by atoms with van der Waals surface area (Å²) in [6, 6.07) is -0.244. The minimum absolute atomic E-state index is 0.134. The summed E-state index contributed by atoms with van der Waals surface area (Å²) in [5.74, 6) is 0.531. The largest absolute Gasteiger partial charge is 0.359 e. The predicted molar refractivity (Wildman–Crippen MR) is 99.5 cm³/mol. The smallest absolute Gasteiger partial charge is 0.236 e. The second-order valence-electron chi connectivity index (χ2n) is 5.06. The Morgan fingerprint density at radius 1 is 1.36 bits per heavy atom. The molecule has 0 saturated carbocycles. The molecule has 4 N–H and O–H groups in total. The van der Waals surface area contributed by atoms with Crippen LogP contribution in [0.2, 0.25) is 0 Å². The van der Waals surface area contributed by atoms with Gasteiger partial charge >= 0.3 is 0 Å². The first kappa shape index (κ1) is 19.9. The van der Waals surface area contributed by atoms with E-state index in [4.69, 9.17) is 0 Å². The average molecular weight is 405 g/mol. The Morgan fingerprint density at radius 2 is 2.16 bits per heavy atom. The lowest BCUT2D eigenvalue weighted by atomic mass is 10.1. The molecular weight excluding hydrogens is 384 g/mol. The van der Waals surface area contributed by atoms with Crippen LogP contribution in [0.5, 0.6) is 0 Å². The van der Waals surface area contributed by atoms with Gasteiger partial charge in [-0.3, -0.25) is 25.0 Å². The highest BCUT2D eigenvalue weighted by atomic mass is 32.2. The van der Waals surface area contributed by atoms with Gasteiger partial charge < -0.3 is 10.6 Å². The Balaban J connectivity index is 1.77. The third-order valence-electron chi connectivity index (χ3n) is 3.12. The van der Waals surface area contributed by atoms with Gasteiger partial charge in [0.15, 0.2) is 4.34 Å². The van der Waals surface area contributed by atoms with Crippen LogP contribution >= 0.6 is 34.9 Å². The fraction of sp³-hybridized carbons (Fsp3) is 0.615. The molecule has 0 aromatic carbocycles. The highest BCUT2D eigenvalue weighted by molar-refractivity contribution is 8.01. The summed E-state index contributed by atoms with van der Waals surface area (Å²) in [6.45, 7) is 2.02. The SMILES string of the molecule is CCSc1nnc(NC(=O)CSC2NC(=O)CC(CC(=O)NC)N2)s1. The van der Waals surface area contributed by atoms with E-state index in [9.17, 15) is 14.4 Å². The van der Waals surface area contributed by atoms with Crippen molar-refractivity contribution in [3.8, 4) is 0 Å². The van der Waals surface area contributed by atoms with Gasteiger partial charge in [0.05, 0.1) is 5.75 Å². The summed E-state index contributed by atoms with van der Waals surface area (Å²) in [7, 11) is 1.56. The van der Waals surface area contributed by atoms with Crippen LogP contribution in [0.25, 0.3) is 0 Å². The van der Waals surface area contributed by atoms with Crippen LogP contribution in [0.4, 0.5) is 5.13 Å². The van der Waals surface area contributed by atoms with Crippen molar-refractivity contribution >= 4 is 57.7 Å². The molecule has 1 saturated heterocycles. The summed E-state index contributed by atoms with van der Waals surface area (Å²) in [5, 5.41) is 19.5. The fourth-order valence-electron chi connectivity index (χ4n) is 2.05. The summed E-state index contributed by atoms with van der Waals surface area (Å²) < 4.78 is 0.809. The van der Waals surface area contributed by atoms with Gasteiger partial charge in [-0.2, -0.15) is 0 Å². The van der Waals surface area contributed by atoms with Crippen molar-refractivity contribution in [2.45, 2.75) is 35.6 Å². The number of hydrogen-bond donors (Lipinski definition) is 4. The third-order valence-corrected chi connectivity index (χ3v) is 5.99. The van der Waals surface area contributed by atoms with Crippen molar-refractivity contribution in [1.82, 2.24) is 26.1 Å².